The maximum absolute atomic E-state index is 12.0. The van der Waals surface area contributed by atoms with Gasteiger partial charge in [-0.1, -0.05) is 13.8 Å². The lowest BCUT2D eigenvalue weighted by Gasteiger charge is -2.11. The van der Waals surface area contributed by atoms with Gasteiger partial charge >= 0.3 is 5.97 Å². The van der Waals surface area contributed by atoms with Gasteiger partial charge in [0.1, 0.15) is 24.2 Å². The molecule has 3 N–H and O–H groups in total. The van der Waals surface area contributed by atoms with Crippen LogP contribution in [0.5, 0.6) is 5.75 Å². The zero-order valence-electron chi connectivity index (χ0n) is 11.7. The molecule has 8 heteroatoms. The summed E-state index contributed by atoms with van der Waals surface area (Å²) in [6.07, 6.45) is 1.94. The smallest absolute Gasteiger partial charge is 0.322 e. The maximum Gasteiger partial charge on any atom is 0.322 e. The molecule has 0 atom stereocenters. The van der Waals surface area contributed by atoms with E-state index in [1.807, 2.05) is 13.8 Å². The molecule has 112 valence electrons. The summed E-state index contributed by atoms with van der Waals surface area (Å²) < 4.78 is 1.48. The Labute approximate surface area is 120 Å². The van der Waals surface area contributed by atoms with Gasteiger partial charge in [-0.2, -0.15) is 5.10 Å². The first-order valence-electron chi connectivity index (χ1n) is 6.44. The van der Waals surface area contributed by atoms with E-state index in [9.17, 15) is 14.7 Å². The van der Waals surface area contributed by atoms with Crippen molar-refractivity contribution >= 4 is 17.5 Å². The van der Waals surface area contributed by atoms with Crippen molar-refractivity contribution in [2.45, 2.75) is 20.3 Å². The fourth-order valence-corrected chi connectivity index (χ4v) is 2.05. The average Bonchev–Trinajstić information content (AvgIpc) is 2.84. The van der Waals surface area contributed by atoms with Gasteiger partial charge in [-0.25, -0.2) is 9.50 Å². The number of carbonyl (C=O) groups is 2. The first-order valence-corrected chi connectivity index (χ1v) is 6.44. The second-order valence-corrected chi connectivity index (χ2v) is 5.07. The minimum atomic E-state index is -1.17. The summed E-state index contributed by atoms with van der Waals surface area (Å²) in [6, 6.07) is 1.46. The standard InChI is InChI=1S/C13H16N4O4/c1-7(2)3-8-4-9(18)11(12-15-6-16-17(8)12)13(21)14-5-10(19)20/h4,6-7,18H,3,5H2,1-2H3,(H,14,21)(H,19,20). The van der Waals surface area contributed by atoms with Crippen LogP contribution >= 0.6 is 0 Å². The number of pyridine rings is 1. The molecule has 0 unspecified atom stereocenters. The van der Waals surface area contributed by atoms with Gasteiger partial charge in [-0.3, -0.25) is 9.59 Å². The molecule has 2 aromatic rings. The monoisotopic (exact) mass is 292 g/mol. The number of rotatable bonds is 5. The molecule has 0 spiro atoms. The van der Waals surface area contributed by atoms with Crippen LogP contribution in [0.3, 0.4) is 0 Å². The lowest BCUT2D eigenvalue weighted by molar-refractivity contribution is -0.135. The summed E-state index contributed by atoms with van der Waals surface area (Å²) in [7, 11) is 0. The molecular weight excluding hydrogens is 276 g/mol. The van der Waals surface area contributed by atoms with Gasteiger partial charge in [0.25, 0.3) is 5.91 Å². The van der Waals surface area contributed by atoms with Crippen molar-refractivity contribution in [2.24, 2.45) is 5.92 Å². The Bertz CT molecular complexity index is 693. The molecule has 0 bridgehead atoms. The van der Waals surface area contributed by atoms with E-state index >= 15 is 0 Å². The number of fused-ring (bicyclic) bond motifs is 1. The van der Waals surface area contributed by atoms with Crippen LogP contribution in [0.4, 0.5) is 0 Å². The molecule has 0 fully saturated rings. The quantitative estimate of drug-likeness (QED) is 0.736. The summed E-state index contributed by atoms with van der Waals surface area (Å²) in [5.74, 6) is -1.78. The molecule has 2 heterocycles. The summed E-state index contributed by atoms with van der Waals surface area (Å²) in [4.78, 5) is 26.5. The number of aromatic hydroxyl groups is 1. The van der Waals surface area contributed by atoms with Crippen molar-refractivity contribution in [3.05, 3.63) is 23.7 Å². The Morgan fingerprint density at radius 3 is 2.76 bits per heavy atom. The summed E-state index contributed by atoms with van der Waals surface area (Å²) in [6.45, 7) is 3.51. The van der Waals surface area contributed by atoms with Crippen LogP contribution in [0.2, 0.25) is 0 Å². The fraction of sp³-hybridized carbons (Fsp3) is 0.385. The summed E-state index contributed by atoms with van der Waals surface area (Å²) in [5, 5.41) is 24.9. The molecule has 0 saturated carbocycles. The van der Waals surface area contributed by atoms with E-state index in [1.165, 1.54) is 16.9 Å². The Morgan fingerprint density at radius 1 is 1.43 bits per heavy atom. The SMILES string of the molecule is CC(C)Cc1cc(O)c(C(=O)NCC(=O)O)c2ncnn12. The first-order chi connectivity index (χ1) is 9.90. The summed E-state index contributed by atoms with van der Waals surface area (Å²) >= 11 is 0. The molecule has 8 nitrogen and oxygen atoms in total. The van der Waals surface area contributed by atoms with E-state index in [2.05, 4.69) is 15.4 Å². The Kier molecular flexibility index (Phi) is 4.06. The molecular formula is C13H16N4O4. The minimum Gasteiger partial charge on any atom is -0.507 e. The maximum atomic E-state index is 12.0. The van der Waals surface area contributed by atoms with Crippen LogP contribution in [0.1, 0.15) is 29.9 Å². The third kappa shape index (κ3) is 3.10. The normalized spacial score (nSPS) is 11.0. The van der Waals surface area contributed by atoms with Crippen molar-refractivity contribution in [1.29, 1.82) is 0 Å². The topological polar surface area (TPSA) is 117 Å². The minimum absolute atomic E-state index is 0.0822. The van der Waals surface area contributed by atoms with Crippen LogP contribution in [-0.4, -0.2) is 43.2 Å². The highest BCUT2D eigenvalue weighted by Gasteiger charge is 2.20. The van der Waals surface area contributed by atoms with Crippen molar-refractivity contribution < 1.29 is 19.8 Å². The zero-order chi connectivity index (χ0) is 15.6. The summed E-state index contributed by atoms with van der Waals surface area (Å²) in [5.41, 5.74) is 0.847. The molecule has 21 heavy (non-hydrogen) atoms. The van der Waals surface area contributed by atoms with Crippen molar-refractivity contribution in [2.75, 3.05) is 6.54 Å². The van der Waals surface area contributed by atoms with Crippen LogP contribution in [0, 0.1) is 5.92 Å². The molecule has 2 rings (SSSR count). The Morgan fingerprint density at radius 2 is 2.14 bits per heavy atom. The van der Waals surface area contributed by atoms with Crippen molar-refractivity contribution in [3.8, 4) is 5.75 Å². The molecule has 0 aliphatic heterocycles. The molecule has 0 aliphatic carbocycles. The number of carbonyl (C=O) groups excluding carboxylic acids is 1. The zero-order valence-corrected chi connectivity index (χ0v) is 11.7. The predicted octanol–water partition coefficient (Wildman–Crippen LogP) is 0.448. The van der Waals surface area contributed by atoms with Crippen LogP contribution in [0.15, 0.2) is 12.4 Å². The lowest BCUT2D eigenvalue weighted by atomic mass is 10.1. The third-order valence-corrected chi connectivity index (χ3v) is 2.85. The van der Waals surface area contributed by atoms with E-state index in [1.54, 1.807) is 0 Å². The van der Waals surface area contributed by atoms with Gasteiger partial charge < -0.3 is 15.5 Å². The largest absolute Gasteiger partial charge is 0.507 e. The van der Waals surface area contributed by atoms with Gasteiger partial charge in [0.05, 0.1) is 0 Å². The second-order valence-electron chi connectivity index (χ2n) is 5.07. The Balaban J connectivity index is 2.45. The first kappa shape index (κ1) is 14.8. The van der Waals surface area contributed by atoms with Gasteiger partial charge in [0.15, 0.2) is 5.65 Å². The molecule has 0 aliphatic rings. The van der Waals surface area contributed by atoms with E-state index in [0.29, 0.717) is 12.3 Å². The van der Waals surface area contributed by atoms with E-state index in [-0.39, 0.29) is 17.0 Å². The number of amides is 1. The van der Waals surface area contributed by atoms with Crippen LogP contribution in [0.25, 0.3) is 5.65 Å². The molecule has 0 aromatic carbocycles. The van der Waals surface area contributed by atoms with Gasteiger partial charge in [-0.05, 0) is 12.3 Å². The molecule has 0 saturated heterocycles. The van der Waals surface area contributed by atoms with E-state index in [0.717, 1.165) is 5.69 Å². The highest BCUT2D eigenvalue weighted by atomic mass is 16.4. The number of hydrogen-bond acceptors (Lipinski definition) is 5. The average molecular weight is 292 g/mol. The van der Waals surface area contributed by atoms with Gasteiger partial charge in [0, 0.05) is 11.8 Å². The third-order valence-electron chi connectivity index (χ3n) is 2.85. The highest BCUT2D eigenvalue weighted by molar-refractivity contribution is 6.03. The number of nitrogens with one attached hydrogen (secondary N) is 1. The molecule has 0 radical (unpaired) electrons. The number of nitrogens with zero attached hydrogens (tertiary/aromatic N) is 3. The van der Waals surface area contributed by atoms with Crippen LogP contribution in [-0.2, 0) is 11.2 Å². The van der Waals surface area contributed by atoms with Crippen molar-refractivity contribution in [3.63, 3.8) is 0 Å². The number of hydrogen-bond donors (Lipinski definition) is 3. The fourth-order valence-electron chi connectivity index (χ4n) is 2.05. The van der Waals surface area contributed by atoms with E-state index < -0.39 is 18.4 Å². The molecule has 2 aromatic heterocycles. The lowest BCUT2D eigenvalue weighted by Crippen LogP contribution is -2.30. The Hall–Kier alpha value is -2.64. The van der Waals surface area contributed by atoms with Gasteiger partial charge in [0.2, 0.25) is 0 Å². The highest BCUT2D eigenvalue weighted by Crippen LogP contribution is 2.24. The van der Waals surface area contributed by atoms with E-state index in [4.69, 9.17) is 5.11 Å². The second kappa shape index (κ2) is 5.78. The van der Waals surface area contributed by atoms with Crippen LogP contribution < -0.4 is 5.32 Å². The number of aliphatic carboxylic acids is 1. The molecule has 1 amide bonds. The van der Waals surface area contributed by atoms with Gasteiger partial charge in [-0.15, -0.1) is 0 Å². The number of aromatic nitrogens is 3. The number of carboxylic acid groups (broad SMARTS) is 1. The number of carboxylic acids is 1. The van der Waals surface area contributed by atoms with Crippen molar-refractivity contribution in [1.82, 2.24) is 19.9 Å². The predicted molar refractivity (Wildman–Crippen MR) is 73.2 cm³/mol.